The van der Waals surface area contributed by atoms with Crippen LogP contribution in [0.25, 0.3) is 0 Å². The molecular weight excluding hydrogens is 290 g/mol. The molecule has 1 aromatic rings. The minimum atomic E-state index is -0.557. The van der Waals surface area contributed by atoms with E-state index in [1.165, 1.54) is 12.8 Å². The Labute approximate surface area is 136 Å². The predicted octanol–water partition coefficient (Wildman–Crippen LogP) is 2.44. The summed E-state index contributed by atoms with van der Waals surface area (Å²) in [5, 5.41) is 0. The van der Waals surface area contributed by atoms with E-state index >= 15 is 0 Å². The van der Waals surface area contributed by atoms with Gasteiger partial charge in [-0.25, -0.2) is 9.59 Å². The highest BCUT2D eigenvalue weighted by Crippen LogP contribution is 2.43. The van der Waals surface area contributed by atoms with Crippen LogP contribution in [0.5, 0.6) is 0 Å². The van der Waals surface area contributed by atoms with E-state index in [9.17, 15) is 9.59 Å². The fraction of sp³-hybridized carbons (Fsp3) is 0.500. The Balaban J connectivity index is 1.81. The number of carbonyl (C=O) groups is 2. The van der Waals surface area contributed by atoms with Crippen LogP contribution in [0.15, 0.2) is 24.3 Å². The maximum absolute atomic E-state index is 12.9. The van der Waals surface area contributed by atoms with Crippen LogP contribution >= 0.6 is 0 Å². The first-order chi connectivity index (χ1) is 11.1. The Morgan fingerprint density at radius 1 is 1.17 bits per heavy atom. The first-order valence-electron chi connectivity index (χ1n) is 8.51. The van der Waals surface area contributed by atoms with E-state index in [1.807, 2.05) is 24.3 Å². The number of hydrogen-bond acceptors (Lipinski definition) is 3. The van der Waals surface area contributed by atoms with Crippen molar-refractivity contribution >= 4 is 23.3 Å². The molecule has 1 aliphatic heterocycles. The van der Waals surface area contributed by atoms with Gasteiger partial charge in [0.25, 0.3) is 0 Å². The topological polar surface area (TPSA) is 63.4 Å². The zero-order valence-corrected chi connectivity index (χ0v) is 13.3. The Morgan fingerprint density at radius 2 is 1.87 bits per heavy atom. The average molecular weight is 313 g/mol. The molecule has 3 aliphatic rings. The number of rotatable bonds is 4. The summed E-state index contributed by atoms with van der Waals surface area (Å²) in [6, 6.07) is 7.24. The molecule has 23 heavy (non-hydrogen) atoms. The zero-order chi connectivity index (χ0) is 16.0. The zero-order valence-electron chi connectivity index (χ0n) is 13.3. The number of hydrogen-bond donors (Lipinski definition) is 1. The van der Waals surface area contributed by atoms with Gasteiger partial charge in [-0.3, -0.25) is 0 Å². The quantitative estimate of drug-likeness (QED) is 0.868. The molecule has 0 saturated heterocycles. The van der Waals surface area contributed by atoms with Crippen molar-refractivity contribution < 1.29 is 9.59 Å². The lowest BCUT2D eigenvalue weighted by atomic mass is 10.1. The van der Waals surface area contributed by atoms with E-state index < -0.39 is 6.03 Å². The van der Waals surface area contributed by atoms with Crippen molar-refractivity contribution in [1.82, 2.24) is 4.48 Å². The maximum Gasteiger partial charge on any atom is 0.426 e. The third-order valence-electron chi connectivity index (χ3n) is 5.28. The molecule has 2 fully saturated rings. The molecule has 1 radical (unpaired) electrons. The van der Waals surface area contributed by atoms with Gasteiger partial charge < -0.3 is 10.6 Å². The number of primary amides is 1. The third-order valence-corrected chi connectivity index (χ3v) is 5.28. The van der Waals surface area contributed by atoms with E-state index in [1.54, 1.807) is 6.42 Å². The maximum atomic E-state index is 12.9. The summed E-state index contributed by atoms with van der Waals surface area (Å²) in [6.45, 7) is 2.01. The van der Waals surface area contributed by atoms with Crippen molar-refractivity contribution in [3.05, 3.63) is 30.7 Å². The number of amides is 3. The molecule has 2 N–H and O–H groups in total. The van der Waals surface area contributed by atoms with Crippen LogP contribution < -0.4 is 15.1 Å². The van der Waals surface area contributed by atoms with E-state index in [4.69, 9.17) is 5.73 Å². The lowest BCUT2D eigenvalue weighted by Crippen LogP contribution is -2.62. The summed E-state index contributed by atoms with van der Waals surface area (Å²) >= 11 is 0. The van der Waals surface area contributed by atoms with Gasteiger partial charge in [0.1, 0.15) is 13.0 Å². The molecule has 0 bridgehead atoms. The van der Waals surface area contributed by atoms with Gasteiger partial charge in [0, 0.05) is 25.1 Å². The molecule has 1 unspecified atom stereocenters. The molecule has 2 aliphatic carbocycles. The molecular formula is C18H23N3O2+. The highest BCUT2D eigenvalue weighted by molar-refractivity contribution is 6.13. The number of fused-ring (bicyclic) bond motifs is 1. The normalized spacial score (nSPS) is 27.5. The largest absolute Gasteiger partial charge is 0.426 e. The number of nitrogens with zero attached hydrogens (tertiary/aromatic N) is 2. The van der Waals surface area contributed by atoms with Crippen molar-refractivity contribution in [3.63, 3.8) is 0 Å². The van der Waals surface area contributed by atoms with Crippen LogP contribution in [0.1, 0.15) is 25.7 Å². The molecule has 1 aromatic carbocycles. The Kier molecular flexibility index (Phi) is 3.41. The van der Waals surface area contributed by atoms with Gasteiger partial charge in [-0.15, -0.1) is 4.48 Å². The summed E-state index contributed by atoms with van der Waals surface area (Å²) in [4.78, 5) is 27.6. The van der Waals surface area contributed by atoms with Gasteiger partial charge in [-0.05, 0) is 37.7 Å². The van der Waals surface area contributed by atoms with Crippen LogP contribution in [0.4, 0.5) is 16.2 Å². The van der Waals surface area contributed by atoms with Crippen molar-refractivity contribution in [2.24, 2.45) is 17.6 Å². The monoisotopic (exact) mass is 313 g/mol. The molecule has 0 aromatic heterocycles. The number of urea groups is 1. The van der Waals surface area contributed by atoms with E-state index in [2.05, 4.69) is 4.90 Å². The predicted molar refractivity (Wildman–Crippen MR) is 89.7 cm³/mol. The van der Waals surface area contributed by atoms with Crippen LogP contribution in [0, 0.1) is 18.3 Å². The smallest absolute Gasteiger partial charge is 0.365 e. The SMILES string of the molecule is NC(=O)[N+]1(CC2CC2)C(=O)[CH]CN(CC2CC2)c2ccccc21. The van der Waals surface area contributed by atoms with Gasteiger partial charge in [0.15, 0.2) is 5.69 Å². The molecule has 121 valence electrons. The minimum absolute atomic E-state index is 0.171. The highest BCUT2D eigenvalue weighted by atomic mass is 16.2. The summed E-state index contributed by atoms with van der Waals surface area (Å²) in [7, 11) is 0. The fourth-order valence-corrected chi connectivity index (χ4v) is 3.59. The lowest BCUT2D eigenvalue weighted by Gasteiger charge is -2.31. The molecule has 5 nitrogen and oxygen atoms in total. The number of imide groups is 1. The Bertz CT molecular complexity index is 651. The molecule has 5 heteroatoms. The number of para-hydroxylation sites is 2. The van der Waals surface area contributed by atoms with Crippen LogP contribution in [0.2, 0.25) is 0 Å². The molecule has 0 spiro atoms. The fourth-order valence-electron chi connectivity index (χ4n) is 3.59. The molecule has 1 heterocycles. The number of benzene rings is 1. The second-order valence-corrected chi connectivity index (χ2v) is 7.15. The van der Waals surface area contributed by atoms with Gasteiger partial charge in [-0.2, -0.15) is 0 Å². The van der Waals surface area contributed by atoms with Crippen LogP contribution in [-0.4, -0.2) is 31.6 Å². The standard InChI is InChI=1S/C18H22N3O2/c19-18(23)21(12-14-7-8-14)16-4-2-1-3-15(16)20(10-9-17(21)22)11-13-5-6-13/h1-4,9,13-14H,5-8,10-12H2,(H-,19,23)/p+1. The van der Waals surface area contributed by atoms with Crippen molar-refractivity contribution in [1.29, 1.82) is 0 Å². The number of anilines is 1. The third kappa shape index (κ3) is 2.53. The molecule has 1 atom stereocenters. The second-order valence-electron chi connectivity index (χ2n) is 7.15. The van der Waals surface area contributed by atoms with Crippen molar-refractivity contribution in [2.75, 3.05) is 24.5 Å². The summed E-state index contributed by atoms with van der Waals surface area (Å²) in [5.74, 6) is 0.960. The Hall–Kier alpha value is -1.88. The average Bonchev–Trinajstić information content (AvgIpc) is 3.43. The van der Waals surface area contributed by atoms with E-state index in [0.717, 1.165) is 30.8 Å². The summed E-state index contributed by atoms with van der Waals surface area (Å²) in [5.41, 5.74) is 7.53. The Morgan fingerprint density at radius 3 is 2.52 bits per heavy atom. The molecule has 3 amide bonds. The minimum Gasteiger partial charge on any atom is -0.365 e. The van der Waals surface area contributed by atoms with Gasteiger partial charge in [-0.1, -0.05) is 12.1 Å². The number of quaternary nitrogens is 1. The summed E-state index contributed by atoms with van der Waals surface area (Å²) in [6.07, 6.45) is 6.33. The van der Waals surface area contributed by atoms with Gasteiger partial charge in [0.2, 0.25) is 0 Å². The van der Waals surface area contributed by atoms with Crippen molar-refractivity contribution in [3.8, 4) is 0 Å². The lowest BCUT2D eigenvalue weighted by molar-refractivity contribution is -0.124. The molecule has 4 rings (SSSR count). The van der Waals surface area contributed by atoms with Crippen LogP contribution in [0.3, 0.4) is 0 Å². The van der Waals surface area contributed by atoms with Gasteiger partial charge in [0.05, 0.1) is 5.69 Å². The second kappa shape index (κ2) is 5.34. The number of carbonyl (C=O) groups excluding carboxylic acids is 2. The number of nitrogens with two attached hydrogens (primary N) is 1. The first kappa shape index (κ1) is 14.7. The highest BCUT2D eigenvalue weighted by Gasteiger charge is 2.52. The van der Waals surface area contributed by atoms with Crippen molar-refractivity contribution in [2.45, 2.75) is 25.7 Å². The first-order valence-corrected chi connectivity index (χ1v) is 8.51. The summed E-state index contributed by atoms with van der Waals surface area (Å²) < 4.78 is -0.345. The molecule has 2 saturated carbocycles. The van der Waals surface area contributed by atoms with E-state index in [-0.39, 0.29) is 10.4 Å². The van der Waals surface area contributed by atoms with E-state index in [0.29, 0.717) is 24.9 Å². The van der Waals surface area contributed by atoms with Gasteiger partial charge >= 0.3 is 11.9 Å². The van der Waals surface area contributed by atoms with Crippen LogP contribution in [-0.2, 0) is 4.79 Å².